The Morgan fingerprint density at radius 1 is 1.25 bits per heavy atom. The average molecular weight is 157 g/mol. The third-order valence-corrected chi connectivity index (χ3v) is 0.701. The number of hydrogen-bond acceptors (Lipinski definition) is 1. The molecule has 0 atom stereocenters. The van der Waals surface area contributed by atoms with E-state index in [1.807, 2.05) is 0 Å². The molecule has 8 heavy (non-hydrogen) atoms. The van der Waals surface area contributed by atoms with Crippen molar-refractivity contribution in [1.29, 1.82) is 0 Å². The van der Waals surface area contributed by atoms with Crippen molar-refractivity contribution in [2.24, 2.45) is 0 Å². The van der Waals surface area contributed by atoms with Gasteiger partial charge in [-0.15, -0.1) is 12.1 Å². The Kier molecular flexibility index (Phi) is 3.33. The minimum atomic E-state index is 0. The minimum Gasteiger partial charge on any atom is -0.533 e. The molecular weight excluding hydrogens is 152 g/mol. The average Bonchev–Trinajstić information content (AvgIpc) is 1.69. The first kappa shape index (κ1) is 7.54. The van der Waals surface area contributed by atoms with Gasteiger partial charge in [-0.2, -0.15) is 18.2 Å². The van der Waals surface area contributed by atoms with E-state index in [-0.39, 0.29) is 17.1 Å². The number of phenols is 1. The van der Waals surface area contributed by atoms with Crippen LogP contribution in [0.5, 0.6) is 5.75 Å². The van der Waals surface area contributed by atoms with E-state index in [0.717, 1.165) is 0 Å². The first-order valence-corrected chi connectivity index (χ1v) is 2.04. The quantitative estimate of drug-likeness (QED) is 0.442. The molecule has 0 aliphatic carbocycles. The number of hydrogen-bond donors (Lipinski definition) is 1. The van der Waals surface area contributed by atoms with Gasteiger partial charge in [0.05, 0.1) is 0 Å². The molecule has 0 amide bonds. The molecule has 0 unspecified atom stereocenters. The van der Waals surface area contributed by atoms with Gasteiger partial charge in [-0.3, -0.25) is 0 Å². The molecular formula is C6H5CuO. The van der Waals surface area contributed by atoms with Crippen LogP contribution in [0.3, 0.4) is 0 Å². The molecule has 1 aromatic rings. The van der Waals surface area contributed by atoms with Gasteiger partial charge < -0.3 is 5.11 Å². The van der Waals surface area contributed by atoms with Crippen LogP contribution in [0, 0.1) is 6.07 Å². The minimum absolute atomic E-state index is 0. The topological polar surface area (TPSA) is 20.2 Å². The number of phenolic OH excluding ortho intramolecular Hbond substituents is 1. The fourth-order valence-corrected chi connectivity index (χ4v) is 0.378. The fourth-order valence-electron chi connectivity index (χ4n) is 0.378. The van der Waals surface area contributed by atoms with Crippen LogP contribution in [0.4, 0.5) is 0 Å². The molecule has 0 radical (unpaired) electrons. The van der Waals surface area contributed by atoms with Crippen molar-refractivity contribution in [3.8, 4) is 5.75 Å². The predicted octanol–water partition coefficient (Wildman–Crippen LogP) is 1.19. The Balaban J connectivity index is 0.000000490. The second-order valence-corrected chi connectivity index (χ2v) is 1.26. The van der Waals surface area contributed by atoms with Crippen molar-refractivity contribution in [2.75, 3.05) is 0 Å². The smallest absolute Gasteiger partial charge is 0.533 e. The van der Waals surface area contributed by atoms with Crippen molar-refractivity contribution in [3.05, 3.63) is 30.3 Å². The Hall–Kier alpha value is -0.461. The first-order chi connectivity index (χ1) is 3.39. The summed E-state index contributed by atoms with van der Waals surface area (Å²) in [4.78, 5) is 0. The van der Waals surface area contributed by atoms with Crippen LogP contribution >= 0.6 is 0 Å². The molecule has 0 aliphatic heterocycles. The molecule has 0 fully saturated rings. The van der Waals surface area contributed by atoms with E-state index >= 15 is 0 Å². The Bertz CT molecular complexity index is 138. The van der Waals surface area contributed by atoms with Crippen molar-refractivity contribution in [2.45, 2.75) is 0 Å². The van der Waals surface area contributed by atoms with Gasteiger partial charge in [0.1, 0.15) is 0 Å². The molecule has 46 valence electrons. The summed E-state index contributed by atoms with van der Waals surface area (Å²) >= 11 is 0. The predicted molar refractivity (Wildman–Crippen MR) is 26.9 cm³/mol. The maximum atomic E-state index is 8.61. The molecule has 0 spiro atoms. The summed E-state index contributed by atoms with van der Waals surface area (Å²) in [7, 11) is 0. The Labute approximate surface area is 58.8 Å². The molecule has 0 bridgehead atoms. The summed E-state index contributed by atoms with van der Waals surface area (Å²) in [5.41, 5.74) is 0. The van der Waals surface area contributed by atoms with Gasteiger partial charge in [-0.25, -0.2) is 0 Å². The van der Waals surface area contributed by atoms with E-state index in [1.165, 1.54) is 0 Å². The molecule has 0 saturated carbocycles. The summed E-state index contributed by atoms with van der Waals surface area (Å²) in [6.07, 6.45) is 0. The normalized spacial score (nSPS) is 7.50. The molecule has 0 aromatic heterocycles. The zero-order valence-corrected chi connectivity index (χ0v) is 5.00. The van der Waals surface area contributed by atoms with Gasteiger partial charge in [0.2, 0.25) is 0 Å². The van der Waals surface area contributed by atoms with Crippen LogP contribution in [0.15, 0.2) is 24.3 Å². The van der Waals surface area contributed by atoms with Gasteiger partial charge in [-0.1, -0.05) is 0 Å². The molecule has 0 saturated heterocycles. The SMILES string of the molecule is Oc1cc[c-]cc1.[Cu+]. The Morgan fingerprint density at radius 2 is 1.75 bits per heavy atom. The van der Waals surface area contributed by atoms with Crippen molar-refractivity contribution < 1.29 is 22.2 Å². The van der Waals surface area contributed by atoms with Crippen molar-refractivity contribution in [1.82, 2.24) is 0 Å². The van der Waals surface area contributed by atoms with E-state index in [0.29, 0.717) is 5.75 Å². The summed E-state index contributed by atoms with van der Waals surface area (Å²) < 4.78 is 0. The van der Waals surface area contributed by atoms with Gasteiger partial charge in [-0.05, 0) is 0 Å². The summed E-state index contributed by atoms with van der Waals surface area (Å²) in [5, 5.41) is 8.61. The molecule has 0 aliphatic rings. The molecule has 1 aromatic carbocycles. The van der Waals surface area contributed by atoms with Crippen molar-refractivity contribution in [3.63, 3.8) is 0 Å². The van der Waals surface area contributed by atoms with E-state index in [2.05, 4.69) is 6.07 Å². The van der Waals surface area contributed by atoms with Gasteiger partial charge in [0, 0.05) is 5.75 Å². The van der Waals surface area contributed by atoms with E-state index < -0.39 is 0 Å². The zero-order chi connectivity index (χ0) is 5.11. The van der Waals surface area contributed by atoms with Crippen molar-refractivity contribution >= 4 is 0 Å². The van der Waals surface area contributed by atoms with E-state index in [1.54, 1.807) is 24.3 Å². The summed E-state index contributed by atoms with van der Waals surface area (Å²) in [6, 6.07) is 9.26. The van der Waals surface area contributed by atoms with Crippen LogP contribution in [0.2, 0.25) is 0 Å². The third kappa shape index (κ3) is 2.01. The zero-order valence-electron chi connectivity index (χ0n) is 4.06. The Morgan fingerprint density at radius 3 is 2.00 bits per heavy atom. The standard InChI is InChI=1S/C6H5O.Cu/c7-6-4-2-1-3-5-6;/h2-5,7H;/q-1;+1. The van der Waals surface area contributed by atoms with Gasteiger partial charge in [0.25, 0.3) is 0 Å². The monoisotopic (exact) mass is 156 g/mol. The van der Waals surface area contributed by atoms with Gasteiger partial charge in [0.15, 0.2) is 0 Å². The largest absolute Gasteiger partial charge is 1.00 e. The first-order valence-electron chi connectivity index (χ1n) is 2.04. The summed E-state index contributed by atoms with van der Waals surface area (Å²) in [6.45, 7) is 0. The number of benzene rings is 1. The molecule has 1 N–H and O–H groups in total. The van der Waals surface area contributed by atoms with E-state index in [9.17, 15) is 0 Å². The molecule has 1 rings (SSSR count). The molecule has 2 heteroatoms. The number of rotatable bonds is 0. The molecule has 1 nitrogen and oxygen atoms in total. The summed E-state index contributed by atoms with van der Waals surface area (Å²) in [5.74, 6) is 0.291. The maximum absolute atomic E-state index is 8.61. The van der Waals surface area contributed by atoms with Crippen LogP contribution in [0.1, 0.15) is 0 Å². The number of aromatic hydroxyl groups is 1. The van der Waals surface area contributed by atoms with Crippen LogP contribution in [0.25, 0.3) is 0 Å². The second-order valence-electron chi connectivity index (χ2n) is 1.26. The third-order valence-electron chi connectivity index (χ3n) is 0.701. The fraction of sp³-hybridized carbons (Fsp3) is 0. The second kappa shape index (κ2) is 3.53. The maximum Gasteiger partial charge on any atom is 1.00 e. The van der Waals surface area contributed by atoms with Gasteiger partial charge >= 0.3 is 17.1 Å². The van der Waals surface area contributed by atoms with E-state index in [4.69, 9.17) is 5.11 Å². The van der Waals surface area contributed by atoms with Crippen LogP contribution in [-0.4, -0.2) is 5.11 Å². The molecule has 0 heterocycles. The van der Waals surface area contributed by atoms with Crippen LogP contribution < -0.4 is 0 Å². The van der Waals surface area contributed by atoms with Crippen LogP contribution in [-0.2, 0) is 17.1 Å².